The normalized spacial score (nSPS) is 13.8. The Labute approximate surface area is 78.7 Å². The highest BCUT2D eigenvalue weighted by Crippen LogP contribution is 2.22. The van der Waals surface area contributed by atoms with Gasteiger partial charge in [0.05, 0.1) is 0 Å². The van der Waals surface area contributed by atoms with Crippen LogP contribution < -0.4 is 0 Å². The molecule has 0 bridgehead atoms. The van der Waals surface area contributed by atoms with E-state index in [1.807, 2.05) is 13.8 Å². The molecule has 0 heterocycles. The fraction of sp³-hybridized carbons (Fsp3) is 0.556. The maximum absolute atomic E-state index is 5.77. The standard InChI is InChI=1S/C9H15ClS/c1-4-5-6-7-11-9(3)8(2)10/h6-7H,4-5H2,1-3H3/b7-6+,9-8+. The minimum Gasteiger partial charge on any atom is -0.102 e. The first-order valence-electron chi connectivity index (χ1n) is 3.83. The predicted octanol–water partition coefficient (Wildman–Crippen LogP) is 4.52. The number of thioether (sulfide) groups is 1. The molecule has 0 aromatic rings. The molecule has 2 heteroatoms. The Kier molecular flexibility index (Phi) is 6.88. The second-order valence-electron chi connectivity index (χ2n) is 2.37. The summed E-state index contributed by atoms with van der Waals surface area (Å²) < 4.78 is 0. The van der Waals surface area contributed by atoms with Gasteiger partial charge in [-0.2, -0.15) is 0 Å². The van der Waals surface area contributed by atoms with Gasteiger partial charge in [0.25, 0.3) is 0 Å². The van der Waals surface area contributed by atoms with Gasteiger partial charge in [0.15, 0.2) is 0 Å². The molecule has 0 aromatic carbocycles. The zero-order chi connectivity index (χ0) is 8.69. The van der Waals surface area contributed by atoms with E-state index in [4.69, 9.17) is 11.6 Å². The Morgan fingerprint density at radius 2 is 2.09 bits per heavy atom. The number of hydrogen-bond donors (Lipinski definition) is 0. The van der Waals surface area contributed by atoms with Crippen molar-refractivity contribution in [2.24, 2.45) is 0 Å². The SMILES string of the molecule is CCC/C=C/S/C(C)=C(\C)Cl. The fourth-order valence-electron chi connectivity index (χ4n) is 0.466. The zero-order valence-corrected chi connectivity index (χ0v) is 8.93. The third kappa shape index (κ3) is 6.52. The van der Waals surface area contributed by atoms with Gasteiger partial charge in [-0.25, -0.2) is 0 Å². The van der Waals surface area contributed by atoms with Crippen molar-refractivity contribution in [2.75, 3.05) is 0 Å². The maximum atomic E-state index is 5.77. The van der Waals surface area contributed by atoms with Gasteiger partial charge in [0.2, 0.25) is 0 Å². The van der Waals surface area contributed by atoms with Crippen LogP contribution >= 0.6 is 23.4 Å². The van der Waals surface area contributed by atoms with Crippen molar-refractivity contribution in [3.8, 4) is 0 Å². The summed E-state index contributed by atoms with van der Waals surface area (Å²) >= 11 is 7.46. The lowest BCUT2D eigenvalue weighted by molar-refractivity contribution is 0.960. The quantitative estimate of drug-likeness (QED) is 0.628. The average molecular weight is 191 g/mol. The van der Waals surface area contributed by atoms with E-state index in [9.17, 15) is 0 Å². The summed E-state index contributed by atoms with van der Waals surface area (Å²) in [6.45, 7) is 6.12. The fourth-order valence-corrected chi connectivity index (χ4v) is 1.20. The summed E-state index contributed by atoms with van der Waals surface area (Å²) in [5, 5.41) is 2.99. The molecule has 0 atom stereocenters. The monoisotopic (exact) mass is 190 g/mol. The molecule has 64 valence electrons. The van der Waals surface area contributed by atoms with Gasteiger partial charge in [0.1, 0.15) is 0 Å². The molecule has 0 unspecified atom stereocenters. The van der Waals surface area contributed by atoms with E-state index in [1.165, 1.54) is 11.3 Å². The molecule has 0 rings (SSSR count). The van der Waals surface area contributed by atoms with Crippen LogP contribution in [-0.4, -0.2) is 0 Å². The molecule has 0 spiro atoms. The zero-order valence-electron chi connectivity index (χ0n) is 7.36. The molecule has 0 aliphatic carbocycles. The van der Waals surface area contributed by atoms with Crippen LogP contribution in [0.25, 0.3) is 0 Å². The topological polar surface area (TPSA) is 0 Å². The molecular weight excluding hydrogens is 176 g/mol. The highest BCUT2D eigenvalue weighted by atomic mass is 35.5. The molecule has 0 aromatic heterocycles. The molecular formula is C9H15ClS. The van der Waals surface area contributed by atoms with Crippen LogP contribution in [0.2, 0.25) is 0 Å². The van der Waals surface area contributed by atoms with Crippen LogP contribution in [0.5, 0.6) is 0 Å². The summed E-state index contributed by atoms with van der Waals surface area (Å²) in [5.41, 5.74) is 0. The van der Waals surface area contributed by atoms with Gasteiger partial charge in [-0.3, -0.25) is 0 Å². The Morgan fingerprint density at radius 3 is 2.55 bits per heavy atom. The van der Waals surface area contributed by atoms with Crippen molar-refractivity contribution in [2.45, 2.75) is 33.6 Å². The van der Waals surface area contributed by atoms with Gasteiger partial charge >= 0.3 is 0 Å². The first-order valence-corrected chi connectivity index (χ1v) is 5.09. The summed E-state index contributed by atoms with van der Waals surface area (Å²) in [4.78, 5) is 1.18. The predicted molar refractivity (Wildman–Crippen MR) is 55.9 cm³/mol. The van der Waals surface area contributed by atoms with Gasteiger partial charge in [-0.1, -0.05) is 31.0 Å². The van der Waals surface area contributed by atoms with Crippen LogP contribution in [0.15, 0.2) is 21.4 Å². The molecule has 0 fully saturated rings. The van der Waals surface area contributed by atoms with Gasteiger partial charge in [-0.15, -0.1) is 11.8 Å². The molecule has 0 saturated heterocycles. The Morgan fingerprint density at radius 1 is 1.45 bits per heavy atom. The Balaban J connectivity index is 3.62. The van der Waals surface area contributed by atoms with E-state index in [0.29, 0.717) is 0 Å². The second-order valence-corrected chi connectivity index (χ2v) is 4.06. The van der Waals surface area contributed by atoms with Crippen molar-refractivity contribution in [1.29, 1.82) is 0 Å². The third-order valence-corrected chi connectivity index (χ3v) is 2.67. The summed E-state index contributed by atoms with van der Waals surface area (Å²) in [5.74, 6) is 0. The van der Waals surface area contributed by atoms with E-state index in [1.54, 1.807) is 11.8 Å². The molecule has 11 heavy (non-hydrogen) atoms. The van der Waals surface area contributed by atoms with Crippen LogP contribution in [0.1, 0.15) is 33.6 Å². The van der Waals surface area contributed by atoms with Crippen molar-refractivity contribution >= 4 is 23.4 Å². The minimum absolute atomic E-state index is 0.885. The average Bonchev–Trinajstić information content (AvgIpc) is 1.97. The number of halogens is 1. The Bertz CT molecular complexity index is 155. The first kappa shape index (κ1) is 11.1. The summed E-state index contributed by atoms with van der Waals surface area (Å²) in [6, 6.07) is 0. The number of allylic oxidation sites excluding steroid dienone is 3. The largest absolute Gasteiger partial charge is 0.102 e. The second kappa shape index (κ2) is 6.81. The van der Waals surface area contributed by atoms with Crippen LogP contribution in [0.3, 0.4) is 0 Å². The number of hydrogen-bond acceptors (Lipinski definition) is 1. The number of rotatable bonds is 4. The Hall–Kier alpha value is 0.120. The van der Waals surface area contributed by atoms with Gasteiger partial charge in [-0.05, 0) is 25.7 Å². The van der Waals surface area contributed by atoms with E-state index < -0.39 is 0 Å². The highest BCUT2D eigenvalue weighted by molar-refractivity contribution is 8.05. The minimum atomic E-state index is 0.885. The number of unbranched alkanes of at least 4 members (excludes halogenated alkanes) is 1. The van der Waals surface area contributed by atoms with Crippen molar-refractivity contribution in [3.63, 3.8) is 0 Å². The van der Waals surface area contributed by atoms with Crippen molar-refractivity contribution in [3.05, 3.63) is 21.4 Å². The van der Waals surface area contributed by atoms with Crippen molar-refractivity contribution in [1.82, 2.24) is 0 Å². The smallest absolute Gasteiger partial charge is 0.0245 e. The lowest BCUT2D eigenvalue weighted by atomic mass is 10.3. The maximum Gasteiger partial charge on any atom is 0.0245 e. The van der Waals surface area contributed by atoms with Crippen molar-refractivity contribution < 1.29 is 0 Å². The lowest BCUT2D eigenvalue weighted by Crippen LogP contribution is -1.66. The van der Waals surface area contributed by atoms with Gasteiger partial charge < -0.3 is 0 Å². The summed E-state index contributed by atoms with van der Waals surface area (Å²) in [7, 11) is 0. The molecule has 0 nitrogen and oxygen atoms in total. The van der Waals surface area contributed by atoms with E-state index in [2.05, 4.69) is 18.4 Å². The molecule has 0 saturated carbocycles. The van der Waals surface area contributed by atoms with Gasteiger partial charge in [0, 0.05) is 9.94 Å². The molecule has 0 aliphatic heterocycles. The molecule has 0 N–H and O–H groups in total. The van der Waals surface area contributed by atoms with Crippen LogP contribution in [0, 0.1) is 0 Å². The van der Waals surface area contributed by atoms with E-state index >= 15 is 0 Å². The van der Waals surface area contributed by atoms with Crippen LogP contribution in [-0.2, 0) is 0 Å². The highest BCUT2D eigenvalue weighted by Gasteiger charge is 1.89. The summed E-state index contributed by atoms with van der Waals surface area (Å²) in [6.07, 6.45) is 4.54. The first-order chi connectivity index (χ1) is 5.18. The lowest BCUT2D eigenvalue weighted by Gasteiger charge is -1.94. The van der Waals surface area contributed by atoms with E-state index in [-0.39, 0.29) is 0 Å². The third-order valence-electron chi connectivity index (χ3n) is 1.28. The van der Waals surface area contributed by atoms with Crippen LogP contribution in [0.4, 0.5) is 0 Å². The molecule has 0 radical (unpaired) electrons. The molecule has 0 aliphatic rings. The molecule has 0 amide bonds. The van der Waals surface area contributed by atoms with E-state index in [0.717, 1.165) is 11.5 Å².